The first-order chi connectivity index (χ1) is 11.5. The standard InChI is InChI=1S/C15H20N6O2S/c1-20-10-13(7-16-20)24(22,23)17-6-11-8-21(9-11)15-5-12-3-2-4-14(12)18-19-15/h5,7,10-11,17H,2-4,6,8-9H2,1H3. The molecule has 1 aliphatic heterocycles. The molecule has 24 heavy (non-hydrogen) atoms. The van der Waals surface area contributed by atoms with Crippen molar-refractivity contribution in [3.8, 4) is 0 Å². The monoisotopic (exact) mass is 348 g/mol. The van der Waals surface area contributed by atoms with Gasteiger partial charge in [-0.1, -0.05) is 0 Å². The number of fused-ring (bicyclic) bond motifs is 1. The van der Waals surface area contributed by atoms with Crippen molar-refractivity contribution in [2.24, 2.45) is 13.0 Å². The van der Waals surface area contributed by atoms with Crippen molar-refractivity contribution < 1.29 is 8.42 Å². The molecule has 1 N–H and O–H groups in total. The maximum Gasteiger partial charge on any atom is 0.243 e. The summed E-state index contributed by atoms with van der Waals surface area (Å²) in [5, 5.41) is 12.5. The van der Waals surface area contributed by atoms with E-state index in [0.29, 0.717) is 6.54 Å². The highest BCUT2D eigenvalue weighted by Gasteiger charge is 2.30. The second-order valence-corrected chi connectivity index (χ2v) is 8.27. The Kier molecular flexibility index (Phi) is 3.76. The number of aromatic nitrogens is 4. The Balaban J connectivity index is 1.32. The van der Waals surface area contributed by atoms with Gasteiger partial charge in [0.1, 0.15) is 4.90 Å². The van der Waals surface area contributed by atoms with E-state index in [1.54, 1.807) is 7.05 Å². The van der Waals surface area contributed by atoms with Crippen LogP contribution in [-0.2, 0) is 29.9 Å². The first kappa shape index (κ1) is 15.5. The third-order valence-corrected chi connectivity index (χ3v) is 6.02. The molecule has 1 saturated heterocycles. The molecule has 0 aromatic carbocycles. The predicted molar refractivity (Wildman–Crippen MR) is 88.2 cm³/mol. The van der Waals surface area contributed by atoms with Crippen molar-refractivity contribution in [1.29, 1.82) is 0 Å². The summed E-state index contributed by atoms with van der Waals surface area (Å²) in [7, 11) is -1.79. The molecule has 2 aliphatic rings. The summed E-state index contributed by atoms with van der Waals surface area (Å²) in [6.07, 6.45) is 6.12. The van der Waals surface area contributed by atoms with Gasteiger partial charge in [-0.3, -0.25) is 4.68 Å². The molecule has 0 spiro atoms. The van der Waals surface area contributed by atoms with Gasteiger partial charge in [0.25, 0.3) is 0 Å². The van der Waals surface area contributed by atoms with E-state index in [2.05, 4.69) is 31.0 Å². The highest BCUT2D eigenvalue weighted by atomic mass is 32.2. The van der Waals surface area contributed by atoms with E-state index in [-0.39, 0.29) is 10.8 Å². The molecular weight excluding hydrogens is 328 g/mol. The second-order valence-electron chi connectivity index (χ2n) is 6.50. The molecule has 0 amide bonds. The summed E-state index contributed by atoms with van der Waals surface area (Å²) in [5.41, 5.74) is 2.43. The van der Waals surface area contributed by atoms with E-state index in [1.165, 1.54) is 22.6 Å². The molecule has 8 nitrogen and oxygen atoms in total. The van der Waals surface area contributed by atoms with E-state index < -0.39 is 10.0 Å². The molecule has 3 heterocycles. The van der Waals surface area contributed by atoms with Crippen LogP contribution in [0.15, 0.2) is 23.4 Å². The summed E-state index contributed by atoms with van der Waals surface area (Å²) in [5.74, 6) is 1.19. The minimum absolute atomic E-state index is 0.200. The van der Waals surface area contributed by atoms with Crippen LogP contribution in [0.4, 0.5) is 5.82 Å². The number of hydrogen-bond donors (Lipinski definition) is 1. The van der Waals surface area contributed by atoms with E-state index in [0.717, 1.165) is 43.9 Å². The van der Waals surface area contributed by atoms with Crippen LogP contribution in [0, 0.1) is 5.92 Å². The lowest BCUT2D eigenvalue weighted by Gasteiger charge is -2.40. The molecule has 128 valence electrons. The Hall–Kier alpha value is -2.00. The quantitative estimate of drug-likeness (QED) is 0.825. The number of nitrogens with zero attached hydrogens (tertiary/aromatic N) is 5. The highest BCUT2D eigenvalue weighted by Crippen LogP contribution is 2.27. The molecule has 1 fully saturated rings. The van der Waals surface area contributed by atoms with Crippen LogP contribution in [0.2, 0.25) is 0 Å². The SMILES string of the molecule is Cn1cc(S(=O)(=O)NCC2CN(c3cc4c(nn3)CCC4)C2)cn1. The molecule has 0 atom stereocenters. The van der Waals surface area contributed by atoms with Crippen LogP contribution in [0.3, 0.4) is 0 Å². The zero-order valence-corrected chi connectivity index (χ0v) is 14.3. The van der Waals surface area contributed by atoms with Crippen molar-refractivity contribution in [3.05, 3.63) is 29.7 Å². The van der Waals surface area contributed by atoms with Crippen molar-refractivity contribution in [3.63, 3.8) is 0 Å². The fourth-order valence-electron chi connectivity index (χ4n) is 3.21. The molecule has 0 unspecified atom stereocenters. The van der Waals surface area contributed by atoms with Gasteiger partial charge in [0, 0.05) is 38.8 Å². The first-order valence-electron chi connectivity index (χ1n) is 8.10. The summed E-state index contributed by atoms with van der Waals surface area (Å²) >= 11 is 0. The van der Waals surface area contributed by atoms with Crippen LogP contribution in [0.1, 0.15) is 17.7 Å². The van der Waals surface area contributed by atoms with Crippen LogP contribution < -0.4 is 9.62 Å². The maximum atomic E-state index is 12.2. The first-order valence-corrected chi connectivity index (χ1v) is 9.58. The number of nitrogens with one attached hydrogen (secondary N) is 1. The fraction of sp³-hybridized carbons (Fsp3) is 0.533. The zero-order chi connectivity index (χ0) is 16.7. The Labute approximate surface area is 140 Å². The van der Waals surface area contributed by atoms with Gasteiger partial charge in [0.2, 0.25) is 10.0 Å². The normalized spacial score (nSPS) is 17.8. The van der Waals surface area contributed by atoms with Gasteiger partial charge in [-0.2, -0.15) is 10.2 Å². The average molecular weight is 348 g/mol. The second kappa shape index (κ2) is 5.82. The van der Waals surface area contributed by atoms with Crippen LogP contribution in [-0.4, -0.2) is 48.0 Å². The van der Waals surface area contributed by atoms with Crippen molar-refractivity contribution in [1.82, 2.24) is 24.7 Å². The Morgan fingerprint density at radius 1 is 1.29 bits per heavy atom. The molecule has 1 aliphatic carbocycles. The Bertz CT molecular complexity index is 857. The maximum absolute atomic E-state index is 12.2. The van der Waals surface area contributed by atoms with E-state index >= 15 is 0 Å². The molecule has 0 radical (unpaired) electrons. The largest absolute Gasteiger partial charge is 0.354 e. The Morgan fingerprint density at radius 3 is 2.88 bits per heavy atom. The van der Waals surface area contributed by atoms with Gasteiger partial charge in [0.15, 0.2) is 5.82 Å². The summed E-state index contributed by atoms with van der Waals surface area (Å²) in [4.78, 5) is 2.35. The number of hydrogen-bond acceptors (Lipinski definition) is 6. The van der Waals surface area contributed by atoms with Gasteiger partial charge < -0.3 is 4.90 Å². The predicted octanol–water partition coefficient (Wildman–Crippen LogP) is 0.114. The lowest BCUT2D eigenvalue weighted by Crippen LogP contribution is -2.51. The van der Waals surface area contributed by atoms with Gasteiger partial charge in [-0.15, -0.1) is 5.10 Å². The smallest absolute Gasteiger partial charge is 0.243 e. The molecule has 4 rings (SSSR count). The fourth-order valence-corrected chi connectivity index (χ4v) is 4.31. The van der Waals surface area contributed by atoms with E-state index in [9.17, 15) is 8.42 Å². The number of anilines is 1. The molecule has 9 heteroatoms. The van der Waals surface area contributed by atoms with Gasteiger partial charge >= 0.3 is 0 Å². The average Bonchev–Trinajstić information content (AvgIpc) is 3.13. The lowest BCUT2D eigenvalue weighted by atomic mass is 10.0. The third-order valence-electron chi connectivity index (χ3n) is 4.64. The van der Waals surface area contributed by atoms with Crippen molar-refractivity contribution >= 4 is 15.8 Å². The molecule has 2 aromatic heterocycles. The molecule has 0 saturated carbocycles. The summed E-state index contributed by atoms with van der Waals surface area (Å²) in [6.45, 7) is 2.01. The van der Waals surface area contributed by atoms with Crippen molar-refractivity contribution in [2.75, 3.05) is 24.5 Å². The molecular formula is C15H20N6O2S. The molecule has 0 bridgehead atoms. The van der Waals surface area contributed by atoms with Crippen molar-refractivity contribution in [2.45, 2.75) is 24.2 Å². The highest BCUT2D eigenvalue weighted by molar-refractivity contribution is 7.89. The topological polar surface area (TPSA) is 93.0 Å². The summed E-state index contributed by atoms with van der Waals surface area (Å²) < 4.78 is 28.5. The lowest BCUT2D eigenvalue weighted by molar-refractivity contribution is 0.402. The zero-order valence-electron chi connectivity index (χ0n) is 13.5. The Morgan fingerprint density at radius 2 is 2.12 bits per heavy atom. The summed E-state index contributed by atoms with van der Waals surface area (Å²) in [6, 6.07) is 2.13. The number of rotatable bonds is 5. The van der Waals surface area contributed by atoms with Crippen LogP contribution in [0.5, 0.6) is 0 Å². The third kappa shape index (κ3) is 2.89. The minimum Gasteiger partial charge on any atom is -0.354 e. The van der Waals surface area contributed by atoms with E-state index in [1.807, 2.05) is 0 Å². The van der Waals surface area contributed by atoms with Gasteiger partial charge in [-0.05, 0) is 30.9 Å². The van der Waals surface area contributed by atoms with Gasteiger partial charge in [-0.25, -0.2) is 13.1 Å². The van der Waals surface area contributed by atoms with E-state index in [4.69, 9.17) is 0 Å². The number of sulfonamides is 1. The minimum atomic E-state index is -3.48. The number of aryl methyl sites for hydroxylation is 3. The van der Waals surface area contributed by atoms with Crippen LogP contribution >= 0.6 is 0 Å². The van der Waals surface area contributed by atoms with Gasteiger partial charge in [0.05, 0.1) is 11.9 Å². The molecule has 2 aromatic rings. The van der Waals surface area contributed by atoms with Crippen LogP contribution in [0.25, 0.3) is 0 Å².